The van der Waals surface area contributed by atoms with Crippen molar-refractivity contribution < 1.29 is 4.42 Å². The van der Waals surface area contributed by atoms with Gasteiger partial charge < -0.3 is 9.73 Å². The summed E-state index contributed by atoms with van der Waals surface area (Å²) < 4.78 is 5.39. The Balaban J connectivity index is 1.67. The lowest BCUT2D eigenvalue weighted by Gasteiger charge is -2.19. The molecule has 2 heterocycles. The van der Waals surface area contributed by atoms with Crippen molar-refractivity contribution in [2.75, 3.05) is 19.6 Å². The molecule has 2 aromatic heterocycles. The average Bonchev–Trinajstić information content (AvgIpc) is 3.05. The minimum atomic E-state index is 0.892. The molecule has 0 fully saturated rings. The summed E-state index contributed by atoms with van der Waals surface area (Å²) >= 11 is 1.83. The number of nitrogens with one attached hydrogen (secondary N) is 1. The number of rotatable bonds is 8. The smallest absolute Gasteiger partial charge is 0.117 e. The van der Waals surface area contributed by atoms with Gasteiger partial charge in [0.1, 0.15) is 5.76 Å². The lowest BCUT2D eigenvalue weighted by Crippen LogP contribution is -2.31. The van der Waals surface area contributed by atoms with E-state index in [0.29, 0.717) is 0 Å². The summed E-state index contributed by atoms with van der Waals surface area (Å²) in [7, 11) is 0. The van der Waals surface area contributed by atoms with Crippen molar-refractivity contribution in [2.45, 2.75) is 26.9 Å². The molecule has 0 radical (unpaired) electrons. The summed E-state index contributed by atoms with van der Waals surface area (Å²) in [5.41, 5.74) is 1.39. The van der Waals surface area contributed by atoms with Crippen LogP contribution < -0.4 is 5.32 Å². The molecule has 0 spiro atoms. The quantitative estimate of drug-likeness (QED) is 0.751. The van der Waals surface area contributed by atoms with Crippen molar-refractivity contribution in [1.82, 2.24) is 10.2 Å². The van der Waals surface area contributed by atoms with Crippen LogP contribution in [0.5, 0.6) is 0 Å². The molecule has 0 saturated heterocycles. The summed E-state index contributed by atoms with van der Waals surface area (Å²) in [5, 5.41) is 5.67. The molecule has 0 aromatic carbocycles. The highest BCUT2D eigenvalue weighted by Crippen LogP contribution is 2.14. The topological polar surface area (TPSA) is 28.4 Å². The van der Waals surface area contributed by atoms with Gasteiger partial charge in [0.2, 0.25) is 0 Å². The highest BCUT2D eigenvalue weighted by Gasteiger charge is 2.05. The summed E-state index contributed by atoms with van der Waals surface area (Å²) in [6, 6.07) is 6.16. The molecule has 0 aliphatic heterocycles. The van der Waals surface area contributed by atoms with E-state index in [0.717, 1.165) is 38.5 Å². The molecule has 4 heteroatoms. The van der Waals surface area contributed by atoms with Crippen LogP contribution in [0.2, 0.25) is 0 Å². The van der Waals surface area contributed by atoms with Crippen LogP contribution in [0.25, 0.3) is 0 Å². The fourth-order valence-corrected chi connectivity index (χ4v) is 2.87. The Hall–Kier alpha value is -1.10. The average molecular weight is 278 g/mol. The lowest BCUT2D eigenvalue weighted by atomic mass is 10.3. The van der Waals surface area contributed by atoms with Gasteiger partial charge in [-0.2, -0.15) is 0 Å². The van der Waals surface area contributed by atoms with Gasteiger partial charge in [-0.05, 0) is 42.6 Å². The number of hydrogen-bond acceptors (Lipinski definition) is 4. The van der Waals surface area contributed by atoms with E-state index in [-0.39, 0.29) is 0 Å². The van der Waals surface area contributed by atoms with Gasteiger partial charge in [0, 0.05) is 24.5 Å². The molecule has 0 aliphatic rings. The second-order valence-corrected chi connectivity index (χ2v) is 5.65. The number of furan rings is 1. The molecule has 2 aromatic rings. The molecule has 0 saturated carbocycles. The van der Waals surface area contributed by atoms with E-state index < -0.39 is 0 Å². The van der Waals surface area contributed by atoms with Gasteiger partial charge in [0.05, 0.1) is 12.8 Å². The third kappa shape index (κ3) is 4.49. The van der Waals surface area contributed by atoms with Crippen LogP contribution in [-0.4, -0.2) is 24.5 Å². The van der Waals surface area contributed by atoms with E-state index in [1.54, 1.807) is 6.26 Å². The normalized spacial score (nSPS) is 11.3. The first-order valence-corrected chi connectivity index (χ1v) is 7.66. The highest BCUT2D eigenvalue weighted by molar-refractivity contribution is 7.10. The second kappa shape index (κ2) is 7.48. The molecule has 1 N–H and O–H groups in total. The fourth-order valence-electron chi connectivity index (χ4n) is 2.00. The Morgan fingerprint density at radius 3 is 2.89 bits per heavy atom. The number of likely N-dealkylation sites (N-methyl/N-ethyl adjacent to an activating group) is 1. The molecule has 104 valence electrons. The predicted molar refractivity (Wildman–Crippen MR) is 80.4 cm³/mol. The van der Waals surface area contributed by atoms with E-state index in [1.165, 1.54) is 10.4 Å². The van der Waals surface area contributed by atoms with E-state index in [2.05, 4.69) is 35.5 Å². The van der Waals surface area contributed by atoms with Crippen LogP contribution in [0.15, 0.2) is 34.3 Å². The summed E-state index contributed by atoms with van der Waals surface area (Å²) in [6.07, 6.45) is 1.74. The summed E-state index contributed by atoms with van der Waals surface area (Å²) in [4.78, 5) is 3.82. The Labute approximate surface area is 119 Å². The zero-order valence-corrected chi connectivity index (χ0v) is 12.5. The molecule has 0 atom stereocenters. The molecule has 2 rings (SSSR count). The first-order chi connectivity index (χ1) is 9.29. The van der Waals surface area contributed by atoms with Crippen molar-refractivity contribution in [3.8, 4) is 0 Å². The molecule has 3 nitrogen and oxygen atoms in total. The third-order valence-corrected chi connectivity index (χ3v) is 4.29. The predicted octanol–water partition coefficient (Wildman–Crippen LogP) is 3.26. The maximum Gasteiger partial charge on any atom is 0.117 e. The summed E-state index contributed by atoms with van der Waals surface area (Å²) in [6.45, 7) is 9.31. The molecule has 0 unspecified atom stereocenters. The van der Waals surface area contributed by atoms with Crippen molar-refractivity contribution in [3.05, 3.63) is 46.0 Å². The van der Waals surface area contributed by atoms with Gasteiger partial charge in [0.25, 0.3) is 0 Å². The van der Waals surface area contributed by atoms with Crippen LogP contribution >= 0.6 is 11.3 Å². The standard InChI is InChI=1S/C15H22N2OS/c1-3-17(12-14-5-4-9-18-14)8-7-16-11-15-13(2)6-10-19-15/h4-6,9-10,16H,3,7-8,11-12H2,1-2H3. The maximum absolute atomic E-state index is 5.39. The van der Waals surface area contributed by atoms with E-state index in [4.69, 9.17) is 4.42 Å². The Kier molecular flexibility index (Phi) is 5.63. The fraction of sp³-hybridized carbons (Fsp3) is 0.467. The van der Waals surface area contributed by atoms with Gasteiger partial charge in [0.15, 0.2) is 0 Å². The molecule has 0 bridgehead atoms. The van der Waals surface area contributed by atoms with Crippen LogP contribution in [0, 0.1) is 6.92 Å². The number of nitrogens with zero attached hydrogens (tertiary/aromatic N) is 1. The van der Waals surface area contributed by atoms with E-state index >= 15 is 0 Å². The Morgan fingerprint density at radius 2 is 2.26 bits per heavy atom. The van der Waals surface area contributed by atoms with Crippen molar-refractivity contribution >= 4 is 11.3 Å². The summed E-state index contributed by atoms with van der Waals surface area (Å²) in [5.74, 6) is 1.04. The molecule has 0 amide bonds. The van der Waals surface area contributed by atoms with Crippen LogP contribution in [0.1, 0.15) is 23.1 Å². The Bertz CT molecular complexity index is 464. The van der Waals surface area contributed by atoms with Gasteiger partial charge >= 0.3 is 0 Å². The van der Waals surface area contributed by atoms with E-state index in [9.17, 15) is 0 Å². The molecule has 0 aliphatic carbocycles. The first kappa shape index (κ1) is 14.3. The molecular weight excluding hydrogens is 256 g/mol. The zero-order chi connectivity index (χ0) is 13.5. The van der Waals surface area contributed by atoms with Crippen LogP contribution in [0.4, 0.5) is 0 Å². The minimum Gasteiger partial charge on any atom is -0.468 e. The van der Waals surface area contributed by atoms with E-state index in [1.807, 2.05) is 23.5 Å². The van der Waals surface area contributed by atoms with Gasteiger partial charge in [-0.1, -0.05) is 6.92 Å². The number of aryl methyl sites for hydroxylation is 1. The number of thiophene rings is 1. The van der Waals surface area contributed by atoms with Gasteiger partial charge in [-0.25, -0.2) is 0 Å². The van der Waals surface area contributed by atoms with Crippen LogP contribution in [0.3, 0.4) is 0 Å². The van der Waals surface area contributed by atoms with Crippen molar-refractivity contribution in [2.24, 2.45) is 0 Å². The van der Waals surface area contributed by atoms with Gasteiger partial charge in [-0.15, -0.1) is 11.3 Å². The third-order valence-electron chi connectivity index (χ3n) is 3.27. The maximum atomic E-state index is 5.39. The minimum absolute atomic E-state index is 0.892. The van der Waals surface area contributed by atoms with Crippen molar-refractivity contribution in [3.63, 3.8) is 0 Å². The molecular formula is C15H22N2OS. The SMILES string of the molecule is CCN(CCNCc1sccc1C)Cc1ccco1. The second-order valence-electron chi connectivity index (χ2n) is 4.65. The monoisotopic (exact) mass is 278 g/mol. The zero-order valence-electron chi connectivity index (χ0n) is 11.7. The highest BCUT2D eigenvalue weighted by atomic mass is 32.1. The van der Waals surface area contributed by atoms with Crippen molar-refractivity contribution in [1.29, 1.82) is 0 Å². The van der Waals surface area contributed by atoms with Crippen LogP contribution in [-0.2, 0) is 13.1 Å². The molecule has 19 heavy (non-hydrogen) atoms. The largest absolute Gasteiger partial charge is 0.468 e. The van der Waals surface area contributed by atoms with Gasteiger partial charge in [-0.3, -0.25) is 4.90 Å². The lowest BCUT2D eigenvalue weighted by molar-refractivity contribution is 0.255. The Morgan fingerprint density at radius 1 is 1.37 bits per heavy atom. The first-order valence-electron chi connectivity index (χ1n) is 6.78. The number of hydrogen-bond donors (Lipinski definition) is 1.